The third-order valence-electron chi connectivity index (χ3n) is 4.27. The fraction of sp³-hybridized carbons (Fsp3) is 1.00. The van der Waals surface area contributed by atoms with Crippen LogP contribution < -0.4 is 16.0 Å². The van der Waals surface area contributed by atoms with Gasteiger partial charge in [-0.15, -0.1) is 0 Å². The summed E-state index contributed by atoms with van der Waals surface area (Å²) in [4.78, 5) is 2.48. The highest BCUT2D eigenvalue weighted by atomic mass is 16.3. The molecule has 1 heterocycles. The van der Waals surface area contributed by atoms with Crippen molar-refractivity contribution >= 4 is 0 Å². The summed E-state index contributed by atoms with van der Waals surface area (Å²) in [6.45, 7) is 8.26. The Balaban J connectivity index is 1.83. The van der Waals surface area contributed by atoms with Crippen molar-refractivity contribution in [3.8, 4) is 0 Å². The Morgan fingerprint density at radius 3 is 1.84 bits per heavy atom. The summed E-state index contributed by atoms with van der Waals surface area (Å²) in [5, 5.41) is 20.6. The Kier molecular flexibility index (Phi) is 7.09. The lowest BCUT2D eigenvalue weighted by molar-refractivity contribution is 0.0206. The van der Waals surface area contributed by atoms with Crippen LogP contribution in [0.4, 0.5) is 0 Å². The lowest BCUT2D eigenvalue weighted by Gasteiger charge is -2.38. The molecule has 1 saturated carbocycles. The van der Waals surface area contributed by atoms with Gasteiger partial charge >= 0.3 is 0 Å². The monoisotopic (exact) mass is 270 g/mol. The number of hydrogen-bond acceptors (Lipinski definition) is 5. The minimum Gasteiger partial charge on any atom is -0.391 e. The second kappa shape index (κ2) is 8.87. The molecule has 1 saturated heterocycles. The molecule has 0 aromatic rings. The number of rotatable bonds is 1. The molecule has 2 atom stereocenters. The van der Waals surface area contributed by atoms with Gasteiger partial charge in [-0.25, -0.2) is 0 Å². The van der Waals surface area contributed by atoms with Gasteiger partial charge in [-0.1, -0.05) is 12.8 Å². The second-order valence-corrected chi connectivity index (χ2v) is 5.71. The molecule has 0 aromatic carbocycles. The summed E-state index contributed by atoms with van der Waals surface area (Å²) in [6.07, 6.45) is 4.47. The van der Waals surface area contributed by atoms with Gasteiger partial charge in [0, 0.05) is 58.4 Å². The highest BCUT2D eigenvalue weighted by molar-refractivity contribution is 4.84. The van der Waals surface area contributed by atoms with Crippen LogP contribution in [0.2, 0.25) is 0 Å². The number of nitrogens with one attached hydrogen (secondary N) is 3. The van der Waals surface area contributed by atoms with E-state index in [-0.39, 0.29) is 6.10 Å². The average Bonchev–Trinajstić information content (AvgIpc) is 2.40. The van der Waals surface area contributed by atoms with E-state index in [0.717, 1.165) is 65.2 Å². The molecule has 2 fully saturated rings. The molecule has 0 amide bonds. The molecule has 2 aliphatic rings. The minimum absolute atomic E-state index is 0.122. The molecule has 0 aromatic heterocycles. The fourth-order valence-electron chi connectivity index (χ4n) is 3.13. The zero-order chi connectivity index (χ0) is 13.3. The summed E-state index contributed by atoms with van der Waals surface area (Å²) >= 11 is 0. The molecule has 1 aliphatic heterocycles. The predicted octanol–water partition coefficient (Wildman–Crippen LogP) is -0.626. The van der Waals surface area contributed by atoms with Crippen LogP contribution in [0.5, 0.6) is 0 Å². The quantitative estimate of drug-likeness (QED) is 0.511. The van der Waals surface area contributed by atoms with Gasteiger partial charge in [-0.2, -0.15) is 0 Å². The molecule has 1 aliphatic carbocycles. The third kappa shape index (κ3) is 5.36. The van der Waals surface area contributed by atoms with Crippen molar-refractivity contribution in [3.05, 3.63) is 0 Å². The normalized spacial score (nSPS) is 33.3. The Bertz CT molecular complexity index is 227. The largest absolute Gasteiger partial charge is 0.391 e. The van der Waals surface area contributed by atoms with Crippen LogP contribution in [0.3, 0.4) is 0 Å². The first-order valence-corrected chi connectivity index (χ1v) is 7.92. The van der Waals surface area contributed by atoms with Gasteiger partial charge in [-0.3, -0.25) is 4.90 Å². The lowest BCUT2D eigenvalue weighted by Crippen LogP contribution is -2.50. The Hall–Kier alpha value is -0.200. The molecule has 2 rings (SSSR count). The maximum absolute atomic E-state index is 10.2. The van der Waals surface area contributed by atoms with Crippen molar-refractivity contribution in [3.63, 3.8) is 0 Å². The first-order valence-electron chi connectivity index (χ1n) is 7.92. The Morgan fingerprint density at radius 1 is 0.737 bits per heavy atom. The first kappa shape index (κ1) is 15.2. The topological polar surface area (TPSA) is 59.6 Å². The van der Waals surface area contributed by atoms with Crippen molar-refractivity contribution in [1.82, 2.24) is 20.9 Å². The van der Waals surface area contributed by atoms with Crippen molar-refractivity contribution in [2.24, 2.45) is 0 Å². The van der Waals surface area contributed by atoms with E-state index >= 15 is 0 Å². The molecule has 0 unspecified atom stereocenters. The van der Waals surface area contributed by atoms with Gasteiger partial charge in [0.05, 0.1) is 6.10 Å². The molecule has 5 heteroatoms. The Labute approximate surface area is 117 Å². The van der Waals surface area contributed by atoms with Crippen molar-refractivity contribution < 1.29 is 5.11 Å². The van der Waals surface area contributed by atoms with Crippen LogP contribution in [0, 0.1) is 0 Å². The molecular weight excluding hydrogens is 240 g/mol. The molecule has 0 spiro atoms. The molecular formula is C14H30N4O. The van der Waals surface area contributed by atoms with Gasteiger partial charge in [-0.05, 0) is 12.8 Å². The summed E-state index contributed by atoms with van der Waals surface area (Å²) < 4.78 is 0. The van der Waals surface area contributed by atoms with Gasteiger partial charge in [0.25, 0.3) is 0 Å². The zero-order valence-corrected chi connectivity index (χ0v) is 12.0. The number of aliphatic hydroxyl groups excluding tert-OH is 1. The van der Waals surface area contributed by atoms with Crippen LogP contribution in [-0.4, -0.2) is 74.5 Å². The van der Waals surface area contributed by atoms with E-state index in [0.29, 0.717) is 6.04 Å². The van der Waals surface area contributed by atoms with Crippen LogP contribution in [0.25, 0.3) is 0 Å². The van der Waals surface area contributed by atoms with E-state index in [1.165, 1.54) is 12.8 Å². The van der Waals surface area contributed by atoms with Gasteiger partial charge < -0.3 is 21.1 Å². The third-order valence-corrected chi connectivity index (χ3v) is 4.27. The van der Waals surface area contributed by atoms with E-state index < -0.39 is 0 Å². The van der Waals surface area contributed by atoms with E-state index in [4.69, 9.17) is 0 Å². The number of nitrogens with zero attached hydrogens (tertiary/aromatic N) is 1. The Morgan fingerprint density at radius 2 is 1.26 bits per heavy atom. The van der Waals surface area contributed by atoms with Crippen molar-refractivity contribution in [1.29, 1.82) is 0 Å². The fourth-order valence-corrected chi connectivity index (χ4v) is 3.13. The minimum atomic E-state index is -0.122. The van der Waals surface area contributed by atoms with E-state index in [1.807, 2.05) is 0 Å². The van der Waals surface area contributed by atoms with Crippen molar-refractivity contribution in [2.45, 2.75) is 37.8 Å². The van der Waals surface area contributed by atoms with Crippen LogP contribution in [-0.2, 0) is 0 Å². The highest BCUT2D eigenvalue weighted by Crippen LogP contribution is 2.22. The summed E-state index contributed by atoms with van der Waals surface area (Å²) in [7, 11) is 0. The molecule has 19 heavy (non-hydrogen) atoms. The van der Waals surface area contributed by atoms with Crippen molar-refractivity contribution in [2.75, 3.05) is 52.4 Å². The summed E-state index contributed by atoms with van der Waals surface area (Å²) in [6, 6.07) is 0.374. The lowest BCUT2D eigenvalue weighted by atomic mass is 9.91. The molecule has 4 N–H and O–H groups in total. The smallest absolute Gasteiger partial charge is 0.0695 e. The standard InChI is InChI=1S/C14H30N4O/c19-14-4-2-1-3-13(14)18-11-9-16-7-5-15-6-8-17-10-12-18/h13-17,19H,1-12H2/t13-,14-/m1/s1. The first-order chi connectivity index (χ1) is 9.38. The second-order valence-electron chi connectivity index (χ2n) is 5.71. The average molecular weight is 270 g/mol. The molecule has 0 radical (unpaired) electrons. The predicted molar refractivity (Wildman–Crippen MR) is 78.4 cm³/mol. The zero-order valence-electron chi connectivity index (χ0n) is 12.0. The SMILES string of the molecule is O[C@@H]1CCCC[C@H]1N1CCNCCNCCNCC1. The maximum atomic E-state index is 10.2. The van der Waals surface area contributed by atoms with Crippen LogP contribution in [0.1, 0.15) is 25.7 Å². The molecule has 112 valence electrons. The maximum Gasteiger partial charge on any atom is 0.0695 e. The summed E-state index contributed by atoms with van der Waals surface area (Å²) in [5.41, 5.74) is 0. The van der Waals surface area contributed by atoms with E-state index in [2.05, 4.69) is 20.9 Å². The van der Waals surface area contributed by atoms with Gasteiger partial charge in [0.1, 0.15) is 0 Å². The van der Waals surface area contributed by atoms with E-state index in [1.54, 1.807) is 0 Å². The number of hydrogen-bond donors (Lipinski definition) is 4. The van der Waals surface area contributed by atoms with Crippen LogP contribution >= 0.6 is 0 Å². The number of aliphatic hydroxyl groups is 1. The summed E-state index contributed by atoms with van der Waals surface area (Å²) in [5.74, 6) is 0. The van der Waals surface area contributed by atoms with E-state index in [9.17, 15) is 5.11 Å². The van der Waals surface area contributed by atoms with Gasteiger partial charge in [0.15, 0.2) is 0 Å². The molecule has 5 nitrogen and oxygen atoms in total. The van der Waals surface area contributed by atoms with Gasteiger partial charge in [0.2, 0.25) is 0 Å². The van der Waals surface area contributed by atoms with Crippen LogP contribution in [0.15, 0.2) is 0 Å². The highest BCUT2D eigenvalue weighted by Gasteiger charge is 2.28. The molecule has 0 bridgehead atoms.